The lowest BCUT2D eigenvalue weighted by atomic mass is 10.1. The molecule has 1 amide bonds. The summed E-state index contributed by atoms with van der Waals surface area (Å²) in [6, 6.07) is 6.11. The molecule has 2 aromatic heterocycles. The second kappa shape index (κ2) is 8.32. The molecule has 0 aliphatic rings. The minimum absolute atomic E-state index is 0.224. The molecule has 0 bridgehead atoms. The molecule has 0 fully saturated rings. The van der Waals surface area contributed by atoms with Crippen molar-refractivity contribution in [1.29, 1.82) is 0 Å². The average Bonchev–Trinajstić information content (AvgIpc) is 3.11. The molecule has 148 valence electrons. The third kappa shape index (κ3) is 4.54. The summed E-state index contributed by atoms with van der Waals surface area (Å²) in [6.07, 6.45) is 1.62. The molecule has 1 aromatic carbocycles. The molecular weight excluding hydrogens is 404 g/mol. The summed E-state index contributed by atoms with van der Waals surface area (Å²) in [5, 5.41) is 12.3. The normalized spacial score (nSPS) is 12.2. The molecule has 3 rings (SSSR count). The molecule has 9 heteroatoms. The van der Waals surface area contributed by atoms with E-state index in [-0.39, 0.29) is 23.5 Å². The number of carbonyl (C=O) groups is 1. The van der Waals surface area contributed by atoms with Crippen molar-refractivity contribution < 1.29 is 9.18 Å². The van der Waals surface area contributed by atoms with E-state index in [1.807, 2.05) is 13.8 Å². The van der Waals surface area contributed by atoms with E-state index in [1.54, 1.807) is 34.6 Å². The van der Waals surface area contributed by atoms with Crippen molar-refractivity contribution in [2.24, 2.45) is 5.92 Å². The van der Waals surface area contributed by atoms with Crippen molar-refractivity contribution in [1.82, 2.24) is 19.6 Å². The predicted molar refractivity (Wildman–Crippen MR) is 107 cm³/mol. The fraction of sp³-hybridized carbons (Fsp3) is 0.316. The Morgan fingerprint density at radius 1 is 1.21 bits per heavy atom. The smallest absolute Gasteiger partial charge is 0.230 e. The van der Waals surface area contributed by atoms with Crippen LogP contribution in [0.4, 0.5) is 10.2 Å². The Morgan fingerprint density at radius 3 is 2.50 bits per heavy atom. The molecule has 0 radical (unpaired) electrons. The number of amides is 1. The largest absolute Gasteiger partial charge is 0.308 e. The number of carbonyl (C=O) groups excluding carboxylic acids is 1. The van der Waals surface area contributed by atoms with Gasteiger partial charge in [0.1, 0.15) is 10.8 Å². The number of aryl methyl sites for hydroxylation is 1. The van der Waals surface area contributed by atoms with Crippen LogP contribution in [0, 0.1) is 25.6 Å². The number of nitrogens with one attached hydrogen (secondary N) is 1. The van der Waals surface area contributed by atoms with Gasteiger partial charge >= 0.3 is 0 Å². The summed E-state index contributed by atoms with van der Waals surface area (Å²) < 4.78 is 16.3. The van der Waals surface area contributed by atoms with Gasteiger partial charge in [-0.1, -0.05) is 42.3 Å². The molecule has 0 saturated heterocycles. The molecule has 0 aliphatic heterocycles. The Labute approximate surface area is 172 Å². The zero-order valence-electron chi connectivity index (χ0n) is 15.7. The minimum Gasteiger partial charge on any atom is -0.308 e. The lowest BCUT2D eigenvalue weighted by Crippen LogP contribution is -2.25. The first kappa shape index (κ1) is 20.4. The van der Waals surface area contributed by atoms with E-state index in [1.165, 1.54) is 12.1 Å². The Balaban J connectivity index is 1.65. The standard InChI is InChI=1S/C19H20Cl2FN5O/c1-11(8-27-13(3)17(21)12(2)24-27)19(28)23-18-16(20)10-26(25-18)9-14-4-6-15(22)7-5-14/h4-7,10-11H,8-9H2,1-3H3,(H,23,25,28). The highest BCUT2D eigenvalue weighted by molar-refractivity contribution is 6.33. The molecule has 2 heterocycles. The lowest BCUT2D eigenvalue weighted by Gasteiger charge is -2.12. The average molecular weight is 424 g/mol. The van der Waals surface area contributed by atoms with Gasteiger partial charge in [-0.2, -0.15) is 10.2 Å². The second-order valence-corrected chi connectivity index (χ2v) is 7.49. The molecule has 6 nitrogen and oxygen atoms in total. The summed E-state index contributed by atoms with van der Waals surface area (Å²) in [7, 11) is 0. The molecule has 0 saturated carbocycles. The van der Waals surface area contributed by atoms with E-state index < -0.39 is 0 Å². The zero-order valence-corrected chi connectivity index (χ0v) is 17.2. The molecule has 3 aromatic rings. The van der Waals surface area contributed by atoms with Gasteiger partial charge in [0.2, 0.25) is 5.91 Å². The predicted octanol–water partition coefficient (Wildman–Crippen LogP) is 4.47. The van der Waals surface area contributed by atoms with Crippen LogP contribution in [0.3, 0.4) is 0 Å². The van der Waals surface area contributed by atoms with Crippen molar-refractivity contribution in [2.75, 3.05) is 5.32 Å². The van der Waals surface area contributed by atoms with Gasteiger partial charge in [0, 0.05) is 6.20 Å². The topological polar surface area (TPSA) is 64.7 Å². The number of hydrogen-bond acceptors (Lipinski definition) is 3. The fourth-order valence-corrected chi connectivity index (χ4v) is 3.11. The van der Waals surface area contributed by atoms with Gasteiger partial charge in [0.25, 0.3) is 0 Å². The zero-order chi connectivity index (χ0) is 20.4. The monoisotopic (exact) mass is 423 g/mol. The van der Waals surface area contributed by atoms with Crippen LogP contribution in [-0.4, -0.2) is 25.5 Å². The van der Waals surface area contributed by atoms with E-state index in [0.29, 0.717) is 23.1 Å². The first-order valence-electron chi connectivity index (χ1n) is 8.72. The second-order valence-electron chi connectivity index (χ2n) is 6.71. The van der Waals surface area contributed by atoms with Gasteiger partial charge in [-0.3, -0.25) is 14.2 Å². The van der Waals surface area contributed by atoms with Crippen LogP contribution in [0.15, 0.2) is 30.5 Å². The van der Waals surface area contributed by atoms with Crippen molar-refractivity contribution in [3.8, 4) is 0 Å². The number of benzene rings is 1. The first-order chi connectivity index (χ1) is 13.2. The Morgan fingerprint density at radius 2 is 1.89 bits per heavy atom. The SMILES string of the molecule is Cc1nn(CC(C)C(=O)Nc2nn(Cc3ccc(F)cc3)cc2Cl)c(C)c1Cl. The van der Waals surface area contributed by atoms with Crippen LogP contribution < -0.4 is 5.32 Å². The molecule has 0 aliphatic carbocycles. The number of nitrogens with zero attached hydrogens (tertiary/aromatic N) is 4. The van der Waals surface area contributed by atoms with Crippen LogP contribution in [-0.2, 0) is 17.9 Å². The van der Waals surface area contributed by atoms with Gasteiger partial charge in [-0.15, -0.1) is 0 Å². The van der Waals surface area contributed by atoms with E-state index in [0.717, 1.165) is 17.0 Å². The molecule has 28 heavy (non-hydrogen) atoms. The van der Waals surface area contributed by atoms with E-state index in [4.69, 9.17) is 23.2 Å². The van der Waals surface area contributed by atoms with E-state index in [2.05, 4.69) is 15.5 Å². The highest BCUT2D eigenvalue weighted by Crippen LogP contribution is 2.22. The van der Waals surface area contributed by atoms with Gasteiger partial charge in [-0.25, -0.2) is 4.39 Å². The molecular formula is C19H20Cl2FN5O. The third-order valence-electron chi connectivity index (χ3n) is 4.40. The van der Waals surface area contributed by atoms with Crippen molar-refractivity contribution >= 4 is 34.9 Å². The molecule has 1 N–H and O–H groups in total. The van der Waals surface area contributed by atoms with E-state index in [9.17, 15) is 9.18 Å². The fourth-order valence-electron chi connectivity index (χ4n) is 2.77. The first-order valence-corrected chi connectivity index (χ1v) is 9.48. The van der Waals surface area contributed by atoms with Gasteiger partial charge in [0.05, 0.1) is 35.4 Å². The number of anilines is 1. The summed E-state index contributed by atoms with van der Waals surface area (Å²) in [5.74, 6) is -0.606. The Hall–Kier alpha value is -2.38. The number of hydrogen-bond donors (Lipinski definition) is 1. The summed E-state index contributed by atoms with van der Waals surface area (Å²) in [6.45, 7) is 6.28. The number of aromatic nitrogens is 4. The van der Waals surface area contributed by atoms with Crippen LogP contribution in [0.1, 0.15) is 23.9 Å². The highest BCUT2D eigenvalue weighted by Gasteiger charge is 2.19. The molecule has 1 unspecified atom stereocenters. The van der Waals surface area contributed by atoms with Crippen LogP contribution >= 0.6 is 23.2 Å². The maximum atomic E-state index is 13.0. The summed E-state index contributed by atoms with van der Waals surface area (Å²) >= 11 is 12.4. The maximum absolute atomic E-state index is 13.0. The van der Waals surface area contributed by atoms with Crippen LogP contribution in [0.25, 0.3) is 0 Å². The third-order valence-corrected chi connectivity index (χ3v) is 5.23. The van der Waals surface area contributed by atoms with E-state index >= 15 is 0 Å². The minimum atomic E-state index is -0.368. The lowest BCUT2D eigenvalue weighted by molar-refractivity contribution is -0.119. The van der Waals surface area contributed by atoms with Crippen molar-refractivity contribution in [3.63, 3.8) is 0 Å². The van der Waals surface area contributed by atoms with Crippen LogP contribution in [0.5, 0.6) is 0 Å². The molecule has 1 atom stereocenters. The quantitative estimate of drug-likeness (QED) is 0.635. The van der Waals surface area contributed by atoms with Gasteiger partial charge in [0.15, 0.2) is 5.82 Å². The number of rotatable bonds is 6. The van der Waals surface area contributed by atoms with Crippen molar-refractivity contribution in [2.45, 2.75) is 33.9 Å². The Bertz CT molecular complexity index is 997. The van der Waals surface area contributed by atoms with Crippen LogP contribution in [0.2, 0.25) is 10.0 Å². The molecule has 0 spiro atoms. The Kier molecular flexibility index (Phi) is 6.05. The summed E-state index contributed by atoms with van der Waals surface area (Å²) in [4.78, 5) is 12.5. The van der Waals surface area contributed by atoms with Gasteiger partial charge < -0.3 is 5.32 Å². The summed E-state index contributed by atoms with van der Waals surface area (Å²) in [5.41, 5.74) is 2.42. The number of halogens is 3. The van der Waals surface area contributed by atoms with Gasteiger partial charge in [-0.05, 0) is 31.5 Å². The highest BCUT2D eigenvalue weighted by atomic mass is 35.5. The maximum Gasteiger partial charge on any atom is 0.230 e. The van der Waals surface area contributed by atoms with Crippen molar-refractivity contribution in [3.05, 3.63) is 63.3 Å².